The molecule has 18 heavy (non-hydrogen) atoms. The maximum atomic E-state index is 6.16. The van der Waals surface area contributed by atoms with Crippen molar-refractivity contribution >= 4 is 23.2 Å². The molecule has 0 aliphatic carbocycles. The van der Waals surface area contributed by atoms with Crippen molar-refractivity contribution in [1.82, 2.24) is 20.1 Å². The monoisotopic (exact) mass is 284 g/mol. The van der Waals surface area contributed by atoms with Crippen LogP contribution in [0.5, 0.6) is 0 Å². The molecule has 2 aromatic rings. The molecule has 96 valence electrons. The standard InChI is InChI=1S/C12H14Cl2N4/c1-15-11(6-9-3-4-18(2)17-9)12-10(14)5-8(13)7-16-12/h3-5,7,11,15H,6H2,1-2H3. The van der Waals surface area contributed by atoms with Crippen LogP contribution in [-0.2, 0) is 13.5 Å². The predicted octanol–water partition coefficient (Wildman–Crippen LogP) is 2.63. The van der Waals surface area contributed by atoms with Crippen molar-refractivity contribution < 1.29 is 0 Å². The minimum Gasteiger partial charge on any atom is -0.311 e. The number of rotatable bonds is 4. The highest BCUT2D eigenvalue weighted by Crippen LogP contribution is 2.25. The molecule has 0 fully saturated rings. The highest BCUT2D eigenvalue weighted by Gasteiger charge is 2.16. The number of hydrogen-bond donors (Lipinski definition) is 1. The van der Waals surface area contributed by atoms with Gasteiger partial charge in [-0.2, -0.15) is 5.10 Å². The summed E-state index contributed by atoms with van der Waals surface area (Å²) in [6, 6.07) is 3.70. The fourth-order valence-electron chi connectivity index (χ4n) is 1.80. The van der Waals surface area contributed by atoms with E-state index in [0.717, 1.165) is 17.8 Å². The van der Waals surface area contributed by atoms with Gasteiger partial charge < -0.3 is 5.32 Å². The summed E-state index contributed by atoms with van der Waals surface area (Å²) in [6.07, 6.45) is 4.25. The quantitative estimate of drug-likeness (QED) is 0.939. The Morgan fingerprint density at radius 2 is 2.22 bits per heavy atom. The second-order valence-corrected chi connectivity index (χ2v) is 4.89. The van der Waals surface area contributed by atoms with Crippen LogP contribution in [0.2, 0.25) is 10.0 Å². The van der Waals surface area contributed by atoms with Gasteiger partial charge in [-0.3, -0.25) is 9.67 Å². The summed E-state index contributed by atoms with van der Waals surface area (Å²) in [5.41, 5.74) is 1.78. The Balaban J connectivity index is 2.22. The van der Waals surface area contributed by atoms with Gasteiger partial charge in [0.2, 0.25) is 0 Å². The molecule has 0 aliphatic heterocycles. The number of pyridine rings is 1. The topological polar surface area (TPSA) is 42.7 Å². The SMILES string of the molecule is CNC(Cc1ccn(C)n1)c1ncc(Cl)cc1Cl. The molecule has 1 atom stereocenters. The maximum Gasteiger partial charge on any atom is 0.0764 e. The normalized spacial score (nSPS) is 12.7. The molecular weight excluding hydrogens is 271 g/mol. The Hall–Kier alpha value is -1.10. The second-order valence-electron chi connectivity index (χ2n) is 4.05. The van der Waals surface area contributed by atoms with Gasteiger partial charge in [0.25, 0.3) is 0 Å². The molecule has 2 aromatic heterocycles. The molecule has 2 heterocycles. The first-order valence-electron chi connectivity index (χ1n) is 5.57. The van der Waals surface area contributed by atoms with E-state index >= 15 is 0 Å². The Bertz CT molecular complexity index is 539. The third-order valence-electron chi connectivity index (χ3n) is 2.70. The summed E-state index contributed by atoms with van der Waals surface area (Å²) in [6.45, 7) is 0. The van der Waals surface area contributed by atoms with Gasteiger partial charge in [-0.1, -0.05) is 23.2 Å². The smallest absolute Gasteiger partial charge is 0.0764 e. The van der Waals surface area contributed by atoms with E-state index in [1.165, 1.54) is 0 Å². The lowest BCUT2D eigenvalue weighted by Crippen LogP contribution is -2.20. The number of aromatic nitrogens is 3. The van der Waals surface area contributed by atoms with Crippen molar-refractivity contribution in [2.24, 2.45) is 7.05 Å². The Morgan fingerprint density at radius 3 is 2.78 bits per heavy atom. The summed E-state index contributed by atoms with van der Waals surface area (Å²) in [4.78, 5) is 4.29. The van der Waals surface area contributed by atoms with E-state index in [9.17, 15) is 0 Å². The van der Waals surface area contributed by atoms with Gasteiger partial charge in [-0.15, -0.1) is 0 Å². The number of likely N-dealkylation sites (N-methyl/N-ethyl adjacent to an activating group) is 1. The van der Waals surface area contributed by atoms with Crippen LogP contribution < -0.4 is 5.32 Å². The lowest BCUT2D eigenvalue weighted by Gasteiger charge is -2.15. The van der Waals surface area contributed by atoms with Crippen molar-refractivity contribution in [1.29, 1.82) is 0 Å². The van der Waals surface area contributed by atoms with Crippen LogP contribution in [-0.4, -0.2) is 21.8 Å². The molecule has 0 aromatic carbocycles. The predicted molar refractivity (Wildman–Crippen MR) is 73.0 cm³/mol. The van der Waals surface area contributed by atoms with Gasteiger partial charge in [0.15, 0.2) is 0 Å². The van der Waals surface area contributed by atoms with Crippen molar-refractivity contribution in [2.45, 2.75) is 12.5 Å². The van der Waals surface area contributed by atoms with E-state index < -0.39 is 0 Å². The molecule has 0 amide bonds. The minimum absolute atomic E-state index is 0.0182. The lowest BCUT2D eigenvalue weighted by atomic mass is 10.1. The first kappa shape index (κ1) is 13.3. The Kier molecular flexibility index (Phi) is 4.22. The number of halogens is 2. The molecule has 0 saturated heterocycles. The Labute approximate surface area is 116 Å². The molecule has 0 spiro atoms. The fraction of sp³-hybridized carbons (Fsp3) is 0.333. The molecule has 6 heteroatoms. The van der Waals surface area contributed by atoms with Gasteiger partial charge >= 0.3 is 0 Å². The van der Waals surface area contributed by atoms with Crippen molar-refractivity contribution in [2.75, 3.05) is 7.05 Å². The molecule has 4 nitrogen and oxygen atoms in total. The van der Waals surface area contributed by atoms with E-state index in [-0.39, 0.29) is 6.04 Å². The highest BCUT2D eigenvalue weighted by molar-refractivity contribution is 6.34. The van der Waals surface area contributed by atoms with Crippen LogP contribution in [0.4, 0.5) is 0 Å². The van der Waals surface area contributed by atoms with Crippen LogP contribution in [0.15, 0.2) is 24.5 Å². The zero-order valence-corrected chi connectivity index (χ0v) is 11.7. The van der Waals surface area contributed by atoms with Gasteiger partial charge in [0.05, 0.1) is 27.5 Å². The number of nitrogens with one attached hydrogen (secondary N) is 1. The first-order chi connectivity index (χ1) is 8.60. The third kappa shape index (κ3) is 3.02. The van der Waals surface area contributed by atoms with Gasteiger partial charge in [0.1, 0.15) is 0 Å². The van der Waals surface area contributed by atoms with E-state index in [1.54, 1.807) is 16.9 Å². The average molecular weight is 285 g/mol. The molecule has 0 saturated carbocycles. The minimum atomic E-state index is 0.0182. The van der Waals surface area contributed by atoms with Crippen molar-refractivity contribution in [3.05, 3.63) is 46.0 Å². The number of aryl methyl sites for hydroxylation is 1. The van der Waals surface area contributed by atoms with Crippen LogP contribution in [0, 0.1) is 0 Å². The van der Waals surface area contributed by atoms with Crippen LogP contribution >= 0.6 is 23.2 Å². The highest BCUT2D eigenvalue weighted by atomic mass is 35.5. The fourth-order valence-corrected chi connectivity index (χ4v) is 2.31. The van der Waals surface area contributed by atoms with Crippen molar-refractivity contribution in [3.63, 3.8) is 0 Å². The summed E-state index contributed by atoms with van der Waals surface area (Å²) in [5, 5.41) is 8.65. The maximum absolute atomic E-state index is 6.16. The van der Waals surface area contributed by atoms with E-state index in [4.69, 9.17) is 23.2 Å². The van der Waals surface area contributed by atoms with E-state index in [2.05, 4.69) is 15.4 Å². The van der Waals surface area contributed by atoms with Gasteiger partial charge in [-0.05, 0) is 19.2 Å². The largest absolute Gasteiger partial charge is 0.311 e. The number of hydrogen-bond acceptors (Lipinski definition) is 3. The Morgan fingerprint density at radius 1 is 1.44 bits per heavy atom. The summed E-state index contributed by atoms with van der Waals surface area (Å²) < 4.78 is 1.78. The third-order valence-corrected chi connectivity index (χ3v) is 3.21. The second kappa shape index (κ2) is 5.69. The van der Waals surface area contributed by atoms with Crippen LogP contribution in [0.25, 0.3) is 0 Å². The summed E-state index contributed by atoms with van der Waals surface area (Å²) >= 11 is 12.0. The van der Waals surface area contributed by atoms with Gasteiger partial charge in [0, 0.05) is 25.9 Å². The molecule has 0 aliphatic rings. The average Bonchev–Trinajstić information content (AvgIpc) is 2.72. The zero-order chi connectivity index (χ0) is 13.1. The summed E-state index contributed by atoms with van der Waals surface area (Å²) in [7, 11) is 3.77. The zero-order valence-electron chi connectivity index (χ0n) is 10.2. The van der Waals surface area contributed by atoms with Crippen LogP contribution in [0.1, 0.15) is 17.4 Å². The van der Waals surface area contributed by atoms with Crippen molar-refractivity contribution in [3.8, 4) is 0 Å². The molecule has 2 rings (SSSR count). The lowest BCUT2D eigenvalue weighted by molar-refractivity contribution is 0.563. The molecule has 0 radical (unpaired) electrons. The van der Waals surface area contributed by atoms with Crippen LogP contribution in [0.3, 0.4) is 0 Å². The molecule has 1 unspecified atom stereocenters. The number of nitrogens with zero attached hydrogens (tertiary/aromatic N) is 3. The first-order valence-corrected chi connectivity index (χ1v) is 6.32. The summed E-state index contributed by atoms with van der Waals surface area (Å²) in [5.74, 6) is 0. The molecule has 0 bridgehead atoms. The van der Waals surface area contributed by atoms with E-state index in [0.29, 0.717) is 10.0 Å². The molecular formula is C12H14Cl2N4. The van der Waals surface area contributed by atoms with E-state index in [1.807, 2.05) is 26.4 Å². The van der Waals surface area contributed by atoms with Gasteiger partial charge in [-0.25, -0.2) is 0 Å². The molecule has 1 N–H and O–H groups in total.